The van der Waals surface area contributed by atoms with Gasteiger partial charge in [0.25, 0.3) is 0 Å². The van der Waals surface area contributed by atoms with E-state index < -0.39 is 10.8 Å². The predicted molar refractivity (Wildman–Crippen MR) is 420 cm³/mol. The van der Waals surface area contributed by atoms with Gasteiger partial charge in [0.1, 0.15) is 0 Å². The van der Waals surface area contributed by atoms with Crippen LogP contribution in [0.15, 0.2) is 335 Å². The Labute approximate surface area is 603 Å². The van der Waals surface area contributed by atoms with E-state index in [1.807, 2.05) is 82.6 Å². The van der Waals surface area contributed by atoms with Crippen molar-refractivity contribution in [2.75, 3.05) is 0 Å². The first kappa shape index (κ1) is 58.1. The van der Waals surface area contributed by atoms with Crippen LogP contribution >= 0.6 is 46.2 Å². The summed E-state index contributed by atoms with van der Waals surface area (Å²) in [6.45, 7) is 0. The Balaban J connectivity index is 0.653. The first-order chi connectivity index (χ1) is 50.5. The highest BCUT2D eigenvalue weighted by atomic mass is 32.2. The Morgan fingerprint density at radius 3 is 1.16 bits per heavy atom. The molecule has 4 aliphatic rings. The Bertz CT molecular complexity index is 6550. The monoisotopic (exact) mass is 1370 g/mol. The van der Waals surface area contributed by atoms with Gasteiger partial charge in [-0.2, -0.15) is 0 Å². The minimum Gasteiger partial charge on any atom is -0.208 e. The third kappa shape index (κ3) is 8.55. The third-order valence-corrected chi connectivity index (χ3v) is 25.9. The normalized spacial score (nSPS) is 14.7. The summed E-state index contributed by atoms with van der Waals surface area (Å²) in [5.74, 6) is 3.60. The summed E-state index contributed by atoms with van der Waals surface area (Å²) in [5, 5.41) is 5.15. The molecule has 22 rings (SSSR count). The number of rotatable bonds is 7. The fraction of sp³-hybridized carbons (Fsp3) is 0.0217. The Kier molecular flexibility index (Phi) is 12.7. The van der Waals surface area contributed by atoms with Gasteiger partial charge in [-0.05, 0) is 157 Å². The maximum Gasteiger partial charge on any atom is 0.164 e. The van der Waals surface area contributed by atoms with Crippen molar-refractivity contribution >= 4 is 86.5 Å². The number of nitrogens with zero attached hydrogens (tertiary/aromatic N) is 6. The molecule has 2 aliphatic carbocycles. The van der Waals surface area contributed by atoms with Crippen LogP contribution < -0.4 is 0 Å². The van der Waals surface area contributed by atoms with Crippen molar-refractivity contribution in [3.63, 3.8) is 0 Å². The molecule has 1 unspecified atom stereocenters. The molecular weight excluding hydrogens is 1320 g/mol. The lowest BCUT2D eigenvalue weighted by molar-refractivity contribution is 0.723. The van der Waals surface area contributed by atoms with Crippen molar-refractivity contribution in [1.82, 2.24) is 29.9 Å². The predicted octanol–water partition coefficient (Wildman–Crippen LogP) is 24.1. The van der Waals surface area contributed by atoms with Gasteiger partial charge in [0.05, 0.1) is 10.8 Å². The van der Waals surface area contributed by atoms with Crippen molar-refractivity contribution in [2.45, 2.75) is 30.4 Å². The summed E-state index contributed by atoms with van der Waals surface area (Å²) in [6, 6.07) is 115. The van der Waals surface area contributed by atoms with E-state index >= 15 is 0 Å². The van der Waals surface area contributed by atoms with Gasteiger partial charge in [0.2, 0.25) is 0 Å². The van der Waals surface area contributed by atoms with E-state index in [-0.39, 0.29) is 0 Å². The number of hydrogen-bond acceptors (Lipinski definition) is 10. The summed E-state index contributed by atoms with van der Waals surface area (Å²) in [4.78, 5) is 37.2. The number of hydrogen-bond donors (Lipinski definition) is 0. The molecule has 2 aliphatic heterocycles. The summed E-state index contributed by atoms with van der Waals surface area (Å²) in [7, 11) is 0. The first-order valence-corrected chi connectivity index (χ1v) is 37.5. The van der Waals surface area contributed by atoms with E-state index in [1.165, 1.54) is 127 Å². The topological polar surface area (TPSA) is 77.3 Å². The average Bonchev–Trinajstić information content (AvgIpc) is 1.51. The molecule has 6 heterocycles. The van der Waals surface area contributed by atoms with Crippen LogP contribution in [0.2, 0.25) is 0 Å². The molecule has 4 aromatic heterocycles. The zero-order chi connectivity index (χ0) is 66.8. The van der Waals surface area contributed by atoms with E-state index in [1.54, 1.807) is 0 Å². The van der Waals surface area contributed by atoms with E-state index in [9.17, 15) is 0 Å². The van der Waals surface area contributed by atoms with E-state index in [2.05, 4.69) is 279 Å². The highest BCUT2D eigenvalue weighted by molar-refractivity contribution is 7.99. The fourth-order valence-corrected chi connectivity index (χ4v) is 21.5. The molecule has 102 heavy (non-hydrogen) atoms. The van der Waals surface area contributed by atoms with Gasteiger partial charge in [0, 0.05) is 93.3 Å². The number of thiophene rings is 2. The molecule has 1 atom stereocenters. The third-order valence-electron chi connectivity index (χ3n) is 21.3. The Morgan fingerprint density at radius 1 is 0.186 bits per heavy atom. The molecule has 14 aromatic carbocycles. The maximum absolute atomic E-state index is 5.46. The summed E-state index contributed by atoms with van der Waals surface area (Å²) in [5.41, 5.74) is 21.5. The summed E-state index contributed by atoms with van der Waals surface area (Å²) >= 11 is 7.45. The summed E-state index contributed by atoms with van der Waals surface area (Å²) in [6.07, 6.45) is 0. The highest BCUT2D eigenvalue weighted by Crippen LogP contribution is 2.66. The van der Waals surface area contributed by atoms with Crippen LogP contribution in [0.5, 0.6) is 0 Å². The molecule has 0 N–H and O–H groups in total. The standard InChI is InChI=1S/C92H52N6S4/c1-3-20-54(21-4-1)85-93-87(97-89(95-85)59-42-44-62-65-49-67-63-27-8-14-33-77(63)100-84(67)52-75(65)92(73(62)47-59)71-31-12-17-36-80(71)101-81-37-18-13-32-72(81)92)56-40-38-53(39-41-56)57-24-19-25-58(46-57)88-94-86(55-22-5-2-6-23-55)96-90(98-88)60-43-45-82-76(48-60)91(70-30-11-16-35-79(70)102-82)69-29-10-7-26-61(69)66-51-83-68(50-74(66)91)64-28-9-15-34-78(64)99-83/h1-52H. The van der Waals surface area contributed by atoms with Crippen LogP contribution in [0.25, 0.3) is 142 Å². The zero-order valence-corrected chi connectivity index (χ0v) is 57.6. The second kappa shape index (κ2) is 22.4. The molecule has 0 fully saturated rings. The largest absolute Gasteiger partial charge is 0.208 e. The lowest BCUT2D eigenvalue weighted by atomic mass is 9.67. The van der Waals surface area contributed by atoms with Gasteiger partial charge < -0.3 is 0 Å². The van der Waals surface area contributed by atoms with Gasteiger partial charge >= 0.3 is 0 Å². The maximum atomic E-state index is 5.46. The van der Waals surface area contributed by atoms with E-state index in [4.69, 9.17) is 29.9 Å². The van der Waals surface area contributed by atoms with Gasteiger partial charge in [-0.15, -0.1) is 22.7 Å². The molecule has 2 spiro atoms. The van der Waals surface area contributed by atoms with E-state index in [0.717, 1.165) is 44.5 Å². The van der Waals surface area contributed by atoms with Crippen LogP contribution in [-0.4, -0.2) is 29.9 Å². The highest BCUT2D eigenvalue weighted by Gasteiger charge is 2.52. The molecule has 0 saturated carbocycles. The van der Waals surface area contributed by atoms with Crippen LogP contribution in [0.1, 0.15) is 44.5 Å². The molecule has 0 amide bonds. The van der Waals surface area contributed by atoms with Crippen molar-refractivity contribution in [2.24, 2.45) is 0 Å². The van der Waals surface area contributed by atoms with Crippen molar-refractivity contribution < 1.29 is 0 Å². The lowest BCUT2D eigenvalue weighted by Crippen LogP contribution is -2.32. The van der Waals surface area contributed by atoms with Crippen LogP contribution in [0.3, 0.4) is 0 Å². The smallest absolute Gasteiger partial charge is 0.164 e. The van der Waals surface area contributed by atoms with Gasteiger partial charge in [-0.1, -0.05) is 260 Å². The molecule has 0 bridgehead atoms. The van der Waals surface area contributed by atoms with E-state index in [0.29, 0.717) is 34.9 Å². The molecule has 0 saturated heterocycles. The lowest BCUT2D eigenvalue weighted by Gasteiger charge is -2.40. The first-order valence-electron chi connectivity index (χ1n) is 34.3. The Hall–Kier alpha value is -11.8. The quantitative estimate of drug-likeness (QED) is 0.156. The minimum absolute atomic E-state index is 0.588. The molecular formula is C92H52N6S4. The molecule has 18 aromatic rings. The minimum atomic E-state index is -0.613. The number of fused-ring (bicyclic) bond motifs is 24. The SMILES string of the molecule is c1ccc(-c2nc(-c3cccc(-c4ccc(-c5nc(-c6ccccc6)nc(-c6ccc7c(c6)C6(c8ccccc8Sc8ccccc86)c6cc8sc9ccccc9c8cc6-7)n5)cc4)c3)nc(-c3ccc4c(c3)C3(c5ccccc5S4)c4ccccc4-c4cc5sc6ccccc6c5cc43)n2)cc1. The van der Waals surface area contributed by atoms with Crippen LogP contribution in [0, 0.1) is 0 Å². The van der Waals surface area contributed by atoms with Crippen molar-refractivity contribution in [3.05, 3.63) is 360 Å². The molecule has 474 valence electrons. The average molecular weight is 1370 g/mol. The Morgan fingerprint density at radius 2 is 0.559 bits per heavy atom. The van der Waals surface area contributed by atoms with Crippen LogP contribution in [0.4, 0.5) is 0 Å². The second-order valence-electron chi connectivity index (χ2n) is 26.7. The van der Waals surface area contributed by atoms with Gasteiger partial charge in [-0.25, -0.2) is 29.9 Å². The van der Waals surface area contributed by atoms with Gasteiger partial charge in [0.15, 0.2) is 34.9 Å². The molecule has 6 nitrogen and oxygen atoms in total. The second-order valence-corrected chi connectivity index (χ2v) is 31.0. The van der Waals surface area contributed by atoms with Crippen molar-refractivity contribution in [3.8, 4) is 102 Å². The summed E-state index contributed by atoms with van der Waals surface area (Å²) < 4.78 is 5.18. The van der Waals surface area contributed by atoms with Gasteiger partial charge in [-0.3, -0.25) is 0 Å². The molecule has 10 heteroatoms. The molecule has 0 radical (unpaired) electrons. The van der Waals surface area contributed by atoms with Crippen LogP contribution in [-0.2, 0) is 10.8 Å². The number of benzene rings is 14. The zero-order valence-electron chi connectivity index (χ0n) is 54.3. The number of aromatic nitrogens is 6. The fourth-order valence-electron chi connectivity index (χ4n) is 16.9. The van der Waals surface area contributed by atoms with Crippen molar-refractivity contribution in [1.29, 1.82) is 0 Å².